The molecule has 0 bridgehead atoms. The van der Waals surface area contributed by atoms with Crippen molar-refractivity contribution in [2.75, 3.05) is 13.2 Å². The Morgan fingerprint density at radius 2 is 1.83 bits per heavy atom. The van der Waals surface area contributed by atoms with E-state index >= 15 is 0 Å². The number of benzene rings is 2. The number of aryl methyl sites for hydroxylation is 1. The fraction of sp³-hybridized carbons (Fsp3) is 0.292. The average molecular weight is 424 g/mol. The highest BCUT2D eigenvalue weighted by Crippen LogP contribution is 2.24. The lowest BCUT2D eigenvalue weighted by atomic mass is 10.1. The maximum atomic E-state index is 13.2. The number of hydrogen-bond acceptors (Lipinski definition) is 4. The summed E-state index contributed by atoms with van der Waals surface area (Å²) < 4.78 is 32.9. The zero-order valence-electron chi connectivity index (χ0n) is 17.2. The summed E-state index contributed by atoms with van der Waals surface area (Å²) in [6.07, 6.45) is 5.54. The Labute approximate surface area is 178 Å². The molecule has 1 aliphatic carbocycles. The molecule has 30 heavy (non-hydrogen) atoms. The van der Waals surface area contributed by atoms with E-state index in [2.05, 4.69) is 11.8 Å². The molecule has 0 saturated heterocycles. The van der Waals surface area contributed by atoms with Crippen molar-refractivity contribution in [3.8, 4) is 11.8 Å². The summed E-state index contributed by atoms with van der Waals surface area (Å²) in [5.74, 6) is 5.61. The molecule has 0 saturated carbocycles. The van der Waals surface area contributed by atoms with E-state index in [4.69, 9.17) is 4.74 Å². The van der Waals surface area contributed by atoms with Crippen LogP contribution in [0, 0.1) is 18.8 Å². The zero-order chi connectivity index (χ0) is 21.6. The molecule has 1 unspecified atom stereocenters. The van der Waals surface area contributed by atoms with Crippen LogP contribution >= 0.6 is 0 Å². The summed E-state index contributed by atoms with van der Waals surface area (Å²) in [6, 6.07) is 13.4. The quantitative estimate of drug-likeness (QED) is 0.401. The van der Waals surface area contributed by atoms with Crippen molar-refractivity contribution in [3.63, 3.8) is 0 Å². The standard InChI is InChI=1S/C24H25NO4S/c1-3-29-24(26)21-14-12-20(13-15-21)7-6-18-25(22-8-4-5-9-22)30(27,28)23-16-10-19(2)11-17-23/h4,8,10-17,22H,3,5,9,18H2,1-2H3. The minimum absolute atomic E-state index is 0.0881. The third kappa shape index (κ3) is 5.18. The van der Waals surface area contributed by atoms with E-state index < -0.39 is 10.0 Å². The van der Waals surface area contributed by atoms with Gasteiger partial charge in [-0.15, -0.1) is 0 Å². The van der Waals surface area contributed by atoms with Gasteiger partial charge in [-0.3, -0.25) is 0 Å². The second-order valence-corrected chi connectivity index (χ2v) is 8.93. The van der Waals surface area contributed by atoms with E-state index in [0.717, 1.165) is 18.4 Å². The minimum atomic E-state index is -3.66. The van der Waals surface area contributed by atoms with Crippen LogP contribution in [0.1, 0.15) is 41.3 Å². The number of esters is 1. The highest BCUT2D eigenvalue weighted by molar-refractivity contribution is 7.89. The number of ether oxygens (including phenoxy) is 1. The number of carbonyl (C=O) groups is 1. The number of rotatable bonds is 6. The predicted octanol–water partition coefficient (Wildman–Crippen LogP) is 3.93. The van der Waals surface area contributed by atoms with Crippen LogP contribution < -0.4 is 0 Å². The first kappa shape index (κ1) is 21.8. The average Bonchev–Trinajstić information content (AvgIpc) is 3.26. The van der Waals surface area contributed by atoms with Gasteiger partial charge in [-0.1, -0.05) is 41.7 Å². The van der Waals surface area contributed by atoms with Gasteiger partial charge in [0.25, 0.3) is 0 Å². The summed E-state index contributed by atoms with van der Waals surface area (Å²) in [7, 11) is -3.66. The third-order valence-electron chi connectivity index (χ3n) is 4.85. The number of sulfonamides is 1. The molecular weight excluding hydrogens is 398 g/mol. The smallest absolute Gasteiger partial charge is 0.338 e. The number of allylic oxidation sites excluding steroid dienone is 1. The zero-order valence-corrected chi connectivity index (χ0v) is 18.0. The first-order chi connectivity index (χ1) is 14.4. The Morgan fingerprint density at radius 1 is 1.13 bits per heavy atom. The van der Waals surface area contributed by atoms with E-state index in [1.54, 1.807) is 55.5 Å². The third-order valence-corrected chi connectivity index (χ3v) is 6.73. The molecule has 1 aliphatic rings. The Balaban J connectivity index is 1.80. The molecule has 0 N–H and O–H groups in total. The fourth-order valence-electron chi connectivity index (χ4n) is 3.21. The van der Waals surface area contributed by atoms with E-state index in [-0.39, 0.29) is 23.5 Å². The lowest BCUT2D eigenvalue weighted by Crippen LogP contribution is -2.38. The first-order valence-corrected chi connectivity index (χ1v) is 11.4. The summed E-state index contributed by atoms with van der Waals surface area (Å²) in [5.41, 5.74) is 2.17. The Hall–Kier alpha value is -2.88. The van der Waals surface area contributed by atoms with Crippen molar-refractivity contribution in [1.82, 2.24) is 4.31 Å². The van der Waals surface area contributed by atoms with E-state index in [9.17, 15) is 13.2 Å². The highest BCUT2D eigenvalue weighted by atomic mass is 32.2. The van der Waals surface area contributed by atoms with E-state index in [1.165, 1.54) is 4.31 Å². The van der Waals surface area contributed by atoms with E-state index in [1.807, 2.05) is 19.1 Å². The second-order valence-electron chi connectivity index (χ2n) is 7.04. The van der Waals surface area contributed by atoms with Gasteiger partial charge >= 0.3 is 5.97 Å². The van der Waals surface area contributed by atoms with Crippen LogP contribution in [-0.2, 0) is 14.8 Å². The predicted molar refractivity (Wildman–Crippen MR) is 117 cm³/mol. The molecule has 0 amide bonds. The molecule has 5 nitrogen and oxygen atoms in total. The second kappa shape index (κ2) is 9.75. The van der Waals surface area contributed by atoms with Crippen molar-refractivity contribution >= 4 is 16.0 Å². The summed E-state index contributed by atoms with van der Waals surface area (Å²) in [6.45, 7) is 4.09. The minimum Gasteiger partial charge on any atom is -0.462 e. The monoisotopic (exact) mass is 423 g/mol. The van der Waals surface area contributed by atoms with Crippen LogP contribution in [0.4, 0.5) is 0 Å². The number of nitrogens with zero attached hydrogens (tertiary/aromatic N) is 1. The molecule has 156 valence electrons. The topological polar surface area (TPSA) is 63.7 Å². The molecule has 2 aromatic rings. The fourth-order valence-corrected chi connectivity index (χ4v) is 4.72. The SMILES string of the molecule is CCOC(=O)c1ccc(C#CCN(C2C=CCC2)S(=O)(=O)c2ccc(C)cc2)cc1. The van der Waals surface area contributed by atoms with Gasteiger partial charge in [0.05, 0.1) is 23.6 Å². The molecule has 0 spiro atoms. The van der Waals surface area contributed by atoms with Gasteiger partial charge in [-0.25, -0.2) is 13.2 Å². The van der Waals surface area contributed by atoms with Crippen LogP contribution in [0.25, 0.3) is 0 Å². The molecule has 0 heterocycles. The van der Waals surface area contributed by atoms with Crippen LogP contribution in [0.15, 0.2) is 65.6 Å². The first-order valence-electron chi connectivity index (χ1n) is 9.93. The van der Waals surface area contributed by atoms with Gasteiger partial charge in [0.15, 0.2) is 0 Å². The van der Waals surface area contributed by atoms with Crippen LogP contribution in [0.2, 0.25) is 0 Å². The van der Waals surface area contributed by atoms with Crippen molar-refractivity contribution in [1.29, 1.82) is 0 Å². The summed E-state index contributed by atoms with van der Waals surface area (Å²) >= 11 is 0. The molecule has 1 atom stereocenters. The Kier molecular flexibility index (Phi) is 7.09. The van der Waals surface area contributed by atoms with E-state index in [0.29, 0.717) is 17.7 Å². The largest absolute Gasteiger partial charge is 0.462 e. The normalized spacial score (nSPS) is 15.6. The highest BCUT2D eigenvalue weighted by Gasteiger charge is 2.30. The van der Waals surface area contributed by atoms with Crippen molar-refractivity contribution in [2.24, 2.45) is 0 Å². The molecule has 6 heteroatoms. The Bertz CT molecular complexity index is 1070. The maximum absolute atomic E-state index is 13.2. The molecular formula is C24H25NO4S. The van der Waals surface area contributed by atoms with Crippen LogP contribution in [0.3, 0.4) is 0 Å². The summed E-state index contributed by atoms with van der Waals surface area (Å²) in [5, 5.41) is 0. The Morgan fingerprint density at radius 3 is 2.43 bits per heavy atom. The molecule has 0 fully saturated rings. The van der Waals surface area contributed by atoms with Crippen LogP contribution in [0.5, 0.6) is 0 Å². The molecule has 3 rings (SSSR count). The molecule has 2 aromatic carbocycles. The molecule has 0 radical (unpaired) electrons. The van der Waals surface area contributed by atoms with Crippen LogP contribution in [-0.4, -0.2) is 37.9 Å². The number of hydrogen-bond donors (Lipinski definition) is 0. The molecule has 0 aliphatic heterocycles. The van der Waals surface area contributed by atoms with Gasteiger partial charge < -0.3 is 4.74 Å². The lowest BCUT2D eigenvalue weighted by Gasteiger charge is -2.25. The van der Waals surface area contributed by atoms with Gasteiger partial charge in [0.2, 0.25) is 10.0 Å². The summed E-state index contributed by atoms with van der Waals surface area (Å²) in [4.78, 5) is 12.0. The number of carbonyl (C=O) groups excluding carboxylic acids is 1. The van der Waals surface area contributed by atoms with Gasteiger partial charge in [-0.2, -0.15) is 4.31 Å². The van der Waals surface area contributed by atoms with Gasteiger partial charge in [-0.05, 0) is 63.1 Å². The maximum Gasteiger partial charge on any atom is 0.338 e. The van der Waals surface area contributed by atoms with Gasteiger partial charge in [0, 0.05) is 11.6 Å². The lowest BCUT2D eigenvalue weighted by molar-refractivity contribution is 0.0526. The molecule has 0 aromatic heterocycles. The van der Waals surface area contributed by atoms with Crippen molar-refractivity contribution in [3.05, 3.63) is 77.4 Å². The van der Waals surface area contributed by atoms with Crippen molar-refractivity contribution < 1.29 is 17.9 Å². The van der Waals surface area contributed by atoms with Gasteiger partial charge in [0.1, 0.15) is 0 Å². The van der Waals surface area contributed by atoms with Crippen molar-refractivity contribution in [2.45, 2.75) is 37.6 Å².